The fourth-order valence-electron chi connectivity index (χ4n) is 2.44. The summed E-state index contributed by atoms with van der Waals surface area (Å²) in [7, 11) is 0. The predicted molar refractivity (Wildman–Crippen MR) is 103 cm³/mol. The fourth-order valence-corrected chi connectivity index (χ4v) is 2.44. The maximum atomic E-state index is 12.1. The minimum Gasteiger partial charge on any atom is -0.462 e. The molecule has 5 nitrogen and oxygen atoms in total. The molecular weight excluding hydrogens is 328 g/mol. The lowest BCUT2D eigenvalue weighted by Gasteiger charge is -2.13. The van der Waals surface area contributed by atoms with E-state index >= 15 is 0 Å². The first-order valence-electron chi connectivity index (χ1n) is 8.32. The SMILES string of the molecule is CCOC(=O)c1cc(N)ccc1Nc1ccc(Oc2ccccc2)cc1. The molecule has 0 amide bonds. The third-order valence-corrected chi connectivity index (χ3v) is 3.65. The third kappa shape index (κ3) is 4.33. The Bertz CT molecular complexity index is 878. The number of nitrogens with two attached hydrogens (primary N) is 1. The van der Waals surface area contributed by atoms with Gasteiger partial charge in [0.05, 0.1) is 17.9 Å². The number of esters is 1. The summed E-state index contributed by atoms with van der Waals surface area (Å²) >= 11 is 0. The quantitative estimate of drug-likeness (QED) is 0.485. The van der Waals surface area contributed by atoms with Gasteiger partial charge < -0.3 is 20.5 Å². The predicted octanol–water partition coefficient (Wildman–Crippen LogP) is 4.98. The molecule has 3 rings (SSSR count). The number of nitrogen functional groups attached to an aromatic ring is 1. The molecule has 0 bridgehead atoms. The molecule has 0 aliphatic rings. The molecule has 0 radical (unpaired) electrons. The molecule has 0 saturated carbocycles. The summed E-state index contributed by atoms with van der Waals surface area (Å²) in [5, 5.41) is 3.22. The van der Waals surface area contributed by atoms with Gasteiger partial charge in [0.1, 0.15) is 11.5 Å². The molecule has 0 heterocycles. The van der Waals surface area contributed by atoms with E-state index in [0.717, 1.165) is 17.2 Å². The Morgan fingerprint density at radius 1 is 0.962 bits per heavy atom. The molecule has 0 unspecified atom stereocenters. The standard InChI is InChI=1S/C21H20N2O3/c1-2-25-21(24)19-14-15(22)8-13-20(19)23-16-9-11-18(12-10-16)26-17-6-4-3-5-7-17/h3-14,23H,2,22H2,1H3. The Morgan fingerprint density at radius 2 is 1.65 bits per heavy atom. The summed E-state index contributed by atoms with van der Waals surface area (Å²) in [5.41, 5.74) is 8.15. The summed E-state index contributed by atoms with van der Waals surface area (Å²) < 4.78 is 10.9. The van der Waals surface area contributed by atoms with Crippen LogP contribution in [0.1, 0.15) is 17.3 Å². The van der Waals surface area contributed by atoms with Crippen molar-refractivity contribution in [2.24, 2.45) is 0 Å². The highest BCUT2D eigenvalue weighted by Crippen LogP contribution is 2.27. The number of benzene rings is 3. The number of carbonyl (C=O) groups is 1. The first-order valence-corrected chi connectivity index (χ1v) is 8.32. The lowest BCUT2D eigenvalue weighted by atomic mass is 10.1. The Labute approximate surface area is 152 Å². The van der Waals surface area contributed by atoms with Gasteiger partial charge in [-0.25, -0.2) is 4.79 Å². The van der Waals surface area contributed by atoms with Crippen LogP contribution in [0.4, 0.5) is 17.1 Å². The van der Waals surface area contributed by atoms with E-state index in [9.17, 15) is 4.79 Å². The number of hydrogen-bond acceptors (Lipinski definition) is 5. The lowest BCUT2D eigenvalue weighted by Crippen LogP contribution is -2.08. The normalized spacial score (nSPS) is 10.2. The maximum Gasteiger partial charge on any atom is 0.340 e. The highest BCUT2D eigenvalue weighted by molar-refractivity contribution is 5.97. The van der Waals surface area contributed by atoms with Crippen LogP contribution < -0.4 is 15.8 Å². The molecule has 0 aliphatic heterocycles. The van der Waals surface area contributed by atoms with Crippen LogP contribution in [0.2, 0.25) is 0 Å². The van der Waals surface area contributed by atoms with Crippen molar-refractivity contribution < 1.29 is 14.3 Å². The molecule has 3 N–H and O–H groups in total. The van der Waals surface area contributed by atoms with E-state index in [-0.39, 0.29) is 0 Å². The molecule has 3 aromatic carbocycles. The van der Waals surface area contributed by atoms with E-state index in [2.05, 4.69) is 5.32 Å². The average Bonchev–Trinajstić information content (AvgIpc) is 2.66. The number of anilines is 3. The molecule has 26 heavy (non-hydrogen) atoms. The van der Waals surface area contributed by atoms with E-state index in [4.69, 9.17) is 15.2 Å². The van der Waals surface area contributed by atoms with Gasteiger partial charge in [-0.05, 0) is 61.5 Å². The van der Waals surface area contributed by atoms with Crippen LogP contribution in [0.5, 0.6) is 11.5 Å². The molecular formula is C21H20N2O3. The first-order chi connectivity index (χ1) is 12.7. The van der Waals surface area contributed by atoms with Gasteiger partial charge in [0.2, 0.25) is 0 Å². The largest absolute Gasteiger partial charge is 0.462 e. The number of rotatable bonds is 6. The van der Waals surface area contributed by atoms with Gasteiger partial charge >= 0.3 is 5.97 Å². The van der Waals surface area contributed by atoms with E-state index < -0.39 is 5.97 Å². The van der Waals surface area contributed by atoms with Crippen molar-refractivity contribution in [3.8, 4) is 11.5 Å². The maximum absolute atomic E-state index is 12.1. The van der Waals surface area contributed by atoms with Crippen LogP contribution in [0.15, 0.2) is 72.8 Å². The Morgan fingerprint density at radius 3 is 2.35 bits per heavy atom. The highest BCUT2D eigenvalue weighted by Gasteiger charge is 2.13. The second-order valence-electron chi connectivity index (χ2n) is 5.59. The second-order valence-corrected chi connectivity index (χ2v) is 5.59. The molecule has 0 spiro atoms. The number of ether oxygens (including phenoxy) is 2. The van der Waals surface area contributed by atoms with Crippen molar-refractivity contribution in [3.63, 3.8) is 0 Å². The summed E-state index contributed by atoms with van der Waals surface area (Å²) in [6.45, 7) is 2.07. The van der Waals surface area contributed by atoms with Crippen LogP contribution in [0.3, 0.4) is 0 Å². The molecule has 0 atom stereocenters. The van der Waals surface area contributed by atoms with Crippen molar-refractivity contribution in [1.29, 1.82) is 0 Å². The monoisotopic (exact) mass is 348 g/mol. The fraction of sp³-hybridized carbons (Fsp3) is 0.0952. The van der Waals surface area contributed by atoms with Gasteiger partial charge in [0, 0.05) is 11.4 Å². The number of para-hydroxylation sites is 1. The van der Waals surface area contributed by atoms with Crippen molar-refractivity contribution >= 4 is 23.0 Å². The number of nitrogens with one attached hydrogen (secondary N) is 1. The average molecular weight is 348 g/mol. The second kappa shape index (κ2) is 8.07. The van der Waals surface area contributed by atoms with E-state index in [1.165, 1.54) is 0 Å². The molecule has 0 aliphatic carbocycles. The summed E-state index contributed by atoms with van der Waals surface area (Å²) in [4.78, 5) is 12.1. The van der Waals surface area contributed by atoms with Crippen LogP contribution in [-0.2, 0) is 4.74 Å². The lowest BCUT2D eigenvalue weighted by molar-refractivity contribution is 0.0527. The zero-order chi connectivity index (χ0) is 18.4. The zero-order valence-corrected chi connectivity index (χ0v) is 14.4. The number of hydrogen-bond donors (Lipinski definition) is 2. The van der Waals surface area contributed by atoms with Crippen LogP contribution in [-0.4, -0.2) is 12.6 Å². The minimum absolute atomic E-state index is 0.304. The van der Waals surface area contributed by atoms with Crippen molar-refractivity contribution in [2.75, 3.05) is 17.7 Å². The summed E-state index contributed by atoms with van der Waals surface area (Å²) in [6, 6.07) is 22.1. The molecule has 5 heteroatoms. The van der Waals surface area contributed by atoms with Gasteiger partial charge in [0.25, 0.3) is 0 Å². The van der Waals surface area contributed by atoms with E-state index in [1.807, 2.05) is 54.6 Å². The molecule has 3 aromatic rings. The Balaban J connectivity index is 1.76. The smallest absolute Gasteiger partial charge is 0.340 e. The van der Waals surface area contributed by atoms with Gasteiger partial charge in [-0.3, -0.25) is 0 Å². The van der Waals surface area contributed by atoms with Crippen LogP contribution in [0.25, 0.3) is 0 Å². The van der Waals surface area contributed by atoms with Crippen molar-refractivity contribution in [2.45, 2.75) is 6.92 Å². The number of carbonyl (C=O) groups excluding carboxylic acids is 1. The Hall–Kier alpha value is -3.47. The van der Waals surface area contributed by atoms with Crippen molar-refractivity contribution in [1.82, 2.24) is 0 Å². The highest BCUT2D eigenvalue weighted by atomic mass is 16.5. The third-order valence-electron chi connectivity index (χ3n) is 3.65. The van der Waals surface area contributed by atoms with Crippen molar-refractivity contribution in [3.05, 3.63) is 78.4 Å². The first kappa shape index (κ1) is 17.4. The van der Waals surface area contributed by atoms with E-state index in [0.29, 0.717) is 23.5 Å². The summed E-state index contributed by atoms with van der Waals surface area (Å²) in [5.74, 6) is 1.09. The van der Waals surface area contributed by atoms with Gasteiger partial charge in [0.15, 0.2) is 0 Å². The van der Waals surface area contributed by atoms with Crippen LogP contribution in [0, 0.1) is 0 Å². The van der Waals surface area contributed by atoms with Gasteiger partial charge in [-0.15, -0.1) is 0 Å². The molecule has 0 aromatic heterocycles. The van der Waals surface area contributed by atoms with Crippen LogP contribution >= 0.6 is 0 Å². The topological polar surface area (TPSA) is 73.6 Å². The molecule has 0 saturated heterocycles. The Kier molecular flexibility index (Phi) is 5.39. The van der Waals surface area contributed by atoms with Gasteiger partial charge in [-0.1, -0.05) is 18.2 Å². The minimum atomic E-state index is -0.411. The summed E-state index contributed by atoms with van der Waals surface area (Å²) in [6.07, 6.45) is 0. The molecule has 132 valence electrons. The van der Waals surface area contributed by atoms with E-state index in [1.54, 1.807) is 25.1 Å². The molecule has 0 fully saturated rings. The zero-order valence-electron chi connectivity index (χ0n) is 14.4. The van der Waals surface area contributed by atoms with Gasteiger partial charge in [-0.2, -0.15) is 0 Å².